The summed E-state index contributed by atoms with van der Waals surface area (Å²) in [5.74, 6) is -3.45. The lowest BCUT2D eigenvalue weighted by Gasteiger charge is -2.42. The molecule has 0 spiro atoms. The zero-order valence-electron chi connectivity index (χ0n) is 25.9. The second-order valence-electron chi connectivity index (χ2n) is 12.4. The lowest BCUT2D eigenvalue weighted by atomic mass is 9.98. The van der Waals surface area contributed by atoms with Gasteiger partial charge in [-0.2, -0.15) is 0 Å². The Morgan fingerprint density at radius 3 is 2.14 bits per heavy atom. The molecule has 0 radical (unpaired) electrons. The fourth-order valence-electron chi connectivity index (χ4n) is 5.97. The molecule has 4 saturated heterocycles. The summed E-state index contributed by atoms with van der Waals surface area (Å²) in [6.07, 6.45) is -8.79. The number of carbonyl (C=O) groups excluding carboxylic acids is 1. The minimum absolute atomic E-state index is 0.171. The van der Waals surface area contributed by atoms with Crippen molar-refractivity contribution in [3.63, 3.8) is 0 Å². The van der Waals surface area contributed by atoms with E-state index in [1.807, 2.05) is 6.07 Å². The molecule has 4 fully saturated rings. The maximum Gasteiger partial charge on any atom is 0.338 e. The number of hydrogen-bond acceptors (Lipinski definition) is 13. The molecule has 4 aliphatic rings. The molecule has 9 atom stereocenters. The predicted octanol–water partition coefficient (Wildman–Crippen LogP) is 2.13. The minimum Gasteiger partial charge on any atom is -0.459 e. The number of carbonyl (C=O) groups is 1. The van der Waals surface area contributed by atoms with Crippen LogP contribution in [0.5, 0.6) is 0 Å². The Bertz CT molecular complexity index is 1090. The summed E-state index contributed by atoms with van der Waals surface area (Å²) >= 11 is 0. The molecule has 0 bridgehead atoms. The molecule has 5 rings (SSSR count). The standard InChI is InChI=1S/C30H44O13/c1-28(2)36-15-18(39-28)20(23-24(27(33-7)34-8)43-30(5,6)42-23)38-26-19(31)22-21(40-29(3,4)41-22)17(37-26)14-35-25(32)16-12-10-9-11-13-16/h9-13,17-24,26-27,31H,14-15H2,1-8H3/t17?,18?,19?,20-,21+,22-,23+,24?,26+/m1/s1. The summed E-state index contributed by atoms with van der Waals surface area (Å²) in [5, 5.41) is 11.5. The Kier molecular flexibility index (Phi) is 9.54. The third-order valence-corrected chi connectivity index (χ3v) is 7.75. The van der Waals surface area contributed by atoms with Gasteiger partial charge in [0.2, 0.25) is 0 Å². The van der Waals surface area contributed by atoms with Gasteiger partial charge in [0.05, 0.1) is 12.2 Å². The van der Waals surface area contributed by atoms with Gasteiger partial charge < -0.3 is 57.2 Å². The number of fused-ring (bicyclic) bond motifs is 1. The second kappa shape index (κ2) is 12.6. The highest BCUT2D eigenvalue weighted by atomic mass is 16.8. The van der Waals surface area contributed by atoms with E-state index >= 15 is 0 Å². The van der Waals surface area contributed by atoms with Crippen LogP contribution < -0.4 is 0 Å². The molecule has 242 valence electrons. The van der Waals surface area contributed by atoms with Crippen molar-refractivity contribution in [1.29, 1.82) is 0 Å². The van der Waals surface area contributed by atoms with E-state index in [1.165, 1.54) is 14.2 Å². The molecule has 1 N–H and O–H groups in total. The van der Waals surface area contributed by atoms with Gasteiger partial charge in [-0.15, -0.1) is 0 Å². The first-order valence-electron chi connectivity index (χ1n) is 14.5. The van der Waals surface area contributed by atoms with Crippen molar-refractivity contribution in [2.24, 2.45) is 0 Å². The van der Waals surface area contributed by atoms with Crippen LogP contribution >= 0.6 is 0 Å². The van der Waals surface area contributed by atoms with E-state index in [0.29, 0.717) is 5.56 Å². The fourth-order valence-corrected chi connectivity index (χ4v) is 5.97. The monoisotopic (exact) mass is 612 g/mol. The van der Waals surface area contributed by atoms with Crippen LogP contribution in [0, 0.1) is 0 Å². The number of rotatable bonds is 10. The molecular formula is C30H44O13. The van der Waals surface area contributed by atoms with Crippen LogP contribution in [0.25, 0.3) is 0 Å². The summed E-state index contributed by atoms with van der Waals surface area (Å²) in [7, 11) is 3.01. The lowest BCUT2D eigenvalue weighted by Crippen LogP contribution is -2.61. The van der Waals surface area contributed by atoms with Gasteiger partial charge in [0.15, 0.2) is 29.9 Å². The minimum atomic E-state index is -1.28. The predicted molar refractivity (Wildman–Crippen MR) is 147 cm³/mol. The molecule has 0 aromatic heterocycles. The molecule has 1 aromatic rings. The molecule has 1 aromatic carbocycles. The number of aliphatic hydroxyl groups is 1. The third kappa shape index (κ3) is 7.23. The SMILES string of the molecule is COC(OC)C1OC(C)(C)O[C@H]1[C@H](O[C@@H]1OC(COC(=O)c2ccccc2)[C@@H]2OC(C)(C)O[C@@H]2C1O)C1COC(C)(C)O1. The molecule has 43 heavy (non-hydrogen) atoms. The maximum atomic E-state index is 12.7. The average Bonchev–Trinajstić information content (AvgIpc) is 3.59. The number of ether oxygens (including phenoxy) is 11. The number of esters is 1. The van der Waals surface area contributed by atoms with Crippen LogP contribution in [0.1, 0.15) is 51.9 Å². The van der Waals surface area contributed by atoms with Gasteiger partial charge in [-0.25, -0.2) is 4.79 Å². The van der Waals surface area contributed by atoms with E-state index in [4.69, 9.17) is 52.1 Å². The zero-order chi connectivity index (χ0) is 31.2. The number of methoxy groups -OCH3 is 2. The first-order chi connectivity index (χ1) is 20.2. The first kappa shape index (κ1) is 32.6. The van der Waals surface area contributed by atoms with E-state index in [0.717, 1.165) is 0 Å². The van der Waals surface area contributed by atoms with Gasteiger partial charge in [0.25, 0.3) is 0 Å². The van der Waals surface area contributed by atoms with Crippen molar-refractivity contribution in [1.82, 2.24) is 0 Å². The third-order valence-electron chi connectivity index (χ3n) is 7.75. The summed E-state index contributed by atoms with van der Waals surface area (Å²) in [6, 6.07) is 8.62. The van der Waals surface area contributed by atoms with E-state index in [9.17, 15) is 9.90 Å². The van der Waals surface area contributed by atoms with Crippen molar-refractivity contribution < 1.29 is 62.0 Å². The van der Waals surface area contributed by atoms with Crippen LogP contribution in [0.2, 0.25) is 0 Å². The summed E-state index contributed by atoms with van der Waals surface area (Å²) in [5.41, 5.74) is 0.394. The first-order valence-corrected chi connectivity index (χ1v) is 14.5. The van der Waals surface area contributed by atoms with Crippen LogP contribution in [0.15, 0.2) is 30.3 Å². The highest BCUT2D eigenvalue weighted by Gasteiger charge is 2.59. The van der Waals surface area contributed by atoms with Crippen molar-refractivity contribution in [3.05, 3.63) is 35.9 Å². The Hall–Kier alpha value is -1.75. The molecule has 4 heterocycles. The lowest BCUT2D eigenvalue weighted by molar-refractivity contribution is -0.315. The zero-order valence-corrected chi connectivity index (χ0v) is 25.9. The maximum absolute atomic E-state index is 12.7. The van der Waals surface area contributed by atoms with E-state index in [-0.39, 0.29) is 13.2 Å². The van der Waals surface area contributed by atoms with Crippen LogP contribution in [-0.4, -0.2) is 117 Å². The molecule has 13 nitrogen and oxygen atoms in total. The van der Waals surface area contributed by atoms with E-state index in [1.54, 1.807) is 65.8 Å². The van der Waals surface area contributed by atoms with E-state index < -0.39 is 84.7 Å². The Balaban J connectivity index is 1.41. The topological polar surface area (TPSA) is 139 Å². The highest BCUT2D eigenvalue weighted by Crippen LogP contribution is 2.41. The largest absolute Gasteiger partial charge is 0.459 e. The fraction of sp³-hybridized carbons (Fsp3) is 0.767. The van der Waals surface area contributed by atoms with Gasteiger partial charge >= 0.3 is 5.97 Å². The summed E-state index contributed by atoms with van der Waals surface area (Å²) < 4.78 is 66.3. The molecule has 0 aliphatic carbocycles. The normalized spacial score (nSPS) is 36.9. The quantitative estimate of drug-likeness (QED) is 0.305. The summed E-state index contributed by atoms with van der Waals surface area (Å²) in [4.78, 5) is 12.7. The van der Waals surface area contributed by atoms with Crippen LogP contribution in [0.3, 0.4) is 0 Å². The number of aliphatic hydroxyl groups excluding tert-OH is 1. The van der Waals surface area contributed by atoms with Gasteiger partial charge in [-0.1, -0.05) is 18.2 Å². The summed E-state index contributed by atoms with van der Waals surface area (Å²) in [6.45, 7) is 10.6. The number of hydrogen-bond donors (Lipinski definition) is 1. The van der Waals surface area contributed by atoms with E-state index in [2.05, 4.69) is 0 Å². The average molecular weight is 613 g/mol. The molecule has 4 unspecified atom stereocenters. The molecular weight excluding hydrogens is 568 g/mol. The number of benzene rings is 1. The molecule has 13 heteroatoms. The van der Waals surface area contributed by atoms with Crippen molar-refractivity contribution >= 4 is 5.97 Å². The van der Waals surface area contributed by atoms with Gasteiger partial charge in [0.1, 0.15) is 55.4 Å². The van der Waals surface area contributed by atoms with Gasteiger partial charge in [-0.05, 0) is 53.7 Å². The highest BCUT2D eigenvalue weighted by molar-refractivity contribution is 5.89. The van der Waals surface area contributed by atoms with Crippen molar-refractivity contribution in [2.45, 2.75) is 120 Å². The van der Waals surface area contributed by atoms with Crippen molar-refractivity contribution in [3.8, 4) is 0 Å². The Morgan fingerprint density at radius 1 is 0.884 bits per heavy atom. The second-order valence-corrected chi connectivity index (χ2v) is 12.4. The van der Waals surface area contributed by atoms with Crippen LogP contribution in [0.4, 0.5) is 0 Å². The van der Waals surface area contributed by atoms with Crippen molar-refractivity contribution in [2.75, 3.05) is 27.4 Å². The molecule has 0 amide bonds. The van der Waals surface area contributed by atoms with Crippen LogP contribution in [-0.2, 0) is 52.1 Å². The van der Waals surface area contributed by atoms with Gasteiger partial charge in [0, 0.05) is 14.2 Å². The smallest absolute Gasteiger partial charge is 0.338 e. The van der Waals surface area contributed by atoms with Gasteiger partial charge in [-0.3, -0.25) is 0 Å². The Labute approximate surface area is 251 Å². The molecule has 4 aliphatic heterocycles. The Morgan fingerprint density at radius 2 is 1.51 bits per heavy atom. The molecule has 0 saturated carbocycles.